The zero-order valence-corrected chi connectivity index (χ0v) is 13.3. The largest absolute Gasteiger partial charge is 0.317 e. The fraction of sp³-hybridized carbons (Fsp3) is 0.333. The Kier molecular flexibility index (Phi) is 5.77. The van der Waals surface area contributed by atoms with E-state index in [1.807, 2.05) is 13.1 Å². The van der Waals surface area contributed by atoms with Crippen molar-refractivity contribution >= 4 is 11.6 Å². The highest BCUT2D eigenvalue weighted by atomic mass is 35.5. The molecule has 1 atom stereocenters. The van der Waals surface area contributed by atoms with Gasteiger partial charge in [0.2, 0.25) is 0 Å². The Balaban J connectivity index is 1.97. The van der Waals surface area contributed by atoms with E-state index in [2.05, 4.69) is 36.5 Å². The minimum Gasteiger partial charge on any atom is -0.317 e. The van der Waals surface area contributed by atoms with Crippen LogP contribution in [0.2, 0.25) is 5.02 Å². The third-order valence-corrected chi connectivity index (χ3v) is 4.23. The van der Waals surface area contributed by atoms with E-state index in [1.54, 1.807) is 6.07 Å². The summed E-state index contributed by atoms with van der Waals surface area (Å²) in [7, 11) is 1.94. The number of hydrogen-bond acceptors (Lipinski definition) is 1. The van der Waals surface area contributed by atoms with Crippen molar-refractivity contribution in [3.8, 4) is 0 Å². The van der Waals surface area contributed by atoms with Gasteiger partial charge in [-0.25, -0.2) is 4.39 Å². The number of aryl methyl sites for hydroxylation is 2. The molecule has 1 unspecified atom stereocenters. The van der Waals surface area contributed by atoms with Crippen LogP contribution in [0, 0.1) is 12.7 Å². The molecule has 0 aliphatic heterocycles. The highest BCUT2D eigenvalue weighted by Gasteiger charge is 2.12. The molecule has 2 aromatic carbocycles. The molecule has 2 aromatic rings. The molecule has 0 radical (unpaired) electrons. The average molecular weight is 306 g/mol. The smallest absolute Gasteiger partial charge is 0.142 e. The maximum atomic E-state index is 13.5. The van der Waals surface area contributed by atoms with Gasteiger partial charge < -0.3 is 5.32 Å². The van der Waals surface area contributed by atoms with Crippen molar-refractivity contribution in [1.82, 2.24) is 5.32 Å². The summed E-state index contributed by atoms with van der Waals surface area (Å²) in [6, 6.07) is 13.9. The van der Waals surface area contributed by atoms with Crippen LogP contribution in [0.25, 0.3) is 0 Å². The van der Waals surface area contributed by atoms with Gasteiger partial charge in [-0.3, -0.25) is 0 Å². The van der Waals surface area contributed by atoms with Crippen molar-refractivity contribution in [2.75, 3.05) is 7.05 Å². The van der Waals surface area contributed by atoms with Gasteiger partial charge in [0.15, 0.2) is 0 Å². The van der Waals surface area contributed by atoms with E-state index in [1.165, 1.54) is 17.2 Å². The normalized spacial score (nSPS) is 12.4. The number of nitrogens with one attached hydrogen (secondary N) is 1. The lowest BCUT2D eigenvalue weighted by atomic mass is 9.98. The van der Waals surface area contributed by atoms with Gasteiger partial charge in [-0.05, 0) is 50.4 Å². The van der Waals surface area contributed by atoms with Gasteiger partial charge in [0.25, 0.3) is 0 Å². The molecule has 2 rings (SSSR count). The van der Waals surface area contributed by atoms with E-state index in [9.17, 15) is 4.39 Å². The monoisotopic (exact) mass is 305 g/mol. The maximum Gasteiger partial charge on any atom is 0.142 e. The van der Waals surface area contributed by atoms with Crippen LogP contribution in [0.3, 0.4) is 0 Å². The molecule has 0 bridgehead atoms. The van der Waals surface area contributed by atoms with Crippen LogP contribution >= 0.6 is 11.6 Å². The molecular weight excluding hydrogens is 285 g/mol. The van der Waals surface area contributed by atoms with E-state index >= 15 is 0 Å². The average Bonchev–Trinajstić information content (AvgIpc) is 2.49. The van der Waals surface area contributed by atoms with Crippen LogP contribution in [0.5, 0.6) is 0 Å². The predicted octanol–water partition coefficient (Wildman–Crippen LogP) is 4.55. The van der Waals surface area contributed by atoms with Crippen LogP contribution in [0.15, 0.2) is 42.5 Å². The number of halogens is 2. The van der Waals surface area contributed by atoms with E-state index in [-0.39, 0.29) is 16.9 Å². The SMILES string of the molecule is CNC(CCc1ccc(C)cc1)Cc1cccc(F)c1Cl. The van der Waals surface area contributed by atoms with Crippen LogP contribution in [0.1, 0.15) is 23.1 Å². The Labute approximate surface area is 131 Å². The molecular formula is C18H21ClFN. The summed E-state index contributed by atoms with van der Waals surface area (Å²) in [5, 5.41) is 3.54. The summed E-state index contributed by atoms with van der Waals surface area (Å²) in [5.74, 6) is -0.345. The van der Waals surface area contributed by atoms with Crippen LogP contribution in [0.4, 0.5) is 4.39 Å². The second-order valence-corrected chi connectivity index (χ2v) is 5.80. The van der Waals surface area contributed by atoms with Crippen molar-refractivity contribution in [3.05, 3.63) is 70.0 Å². The van der Waals surface area contributed by atoms with Gasteiger partial charge >= 0.3 is 0 Å². The number of benzene rings is 2. The number of hydrogen-bond donors (Lipinski definition) is 1. The van der Waals surface area contributed by atoms with Crippen LogP contribution in [-0.4, -0.2) is 13.1 Å². The van der Waals surface area contributed by atoms with Crippen molar-refractivity contribution in [1.29, 1.82) is 0 Å². The molecule has 3 heteroatoms. The summed E-state index contributed by atoms with van der Waals surface area (Å²) >= 11 is 6.03. The molecule has 0 fully saturated rings. The number of rotatable bonds is 6. The van der Waals surface area contributed by atoms with Crippen molar-refractivity contribution in [3.63, 3.8) is 0 Å². The fourth-order valence-electron chi connectivity index (χ4n) is 2.42. The first-order valence-corrected chi connectivity index (χ1v) is 7.63. The highest BCUT2D eigenvalue weighted by Crippen LogP contribution is 2.22. The molecule has 21 heavy (non-hydrogen) atoms. The lowest BCUT2D eigenvalue weighted by Gasteiger charge is -2.17. The summed E-state index contributed by atoms with van der Waals surface area (Å²) in [6.07, 6.45) is 2.73. The van der Waals surface area contributed by atoms with Crippen LogP contribution < -0.4 is 5.32 Å². The molecule has 0 aromatic heterocycles. The van der Waals surface area contributed by atoms with Crippen molar-refractivity contribution < 1.29 is 4.39 Å². The number of likely N-dealkylation sites (N-methyl/N-ethyl adjacent to an activating group) is 1. The minimum absolute atomic E-state index is 0.244. The Morgan fingerprint density at radius 1 is 1.14 bits per heavy atom. The first kappa shape index (κ1) is 16.0. The second-order valence-electron chi connectivity index (χ2n) is 5.43. The van der Waals surface area contributed by atoms with Gasteiger partial charge in [0, 0.05) is 6.04 Å². The minimum atomic E-state index is -0.345. The van der Waals surface area contributed by atoms with Gasteiger partial charge in [0.05, 0.1) is 5.02 Å². The fourth-order valence-corrected chi connectivity index (χ4v) is 2.62. The predicted molar refractivity (Wildman–Crippen MR) is 87.5 cm³/mol. The molecule has 0 aliphatic rings. The summed E-state index contributed by atoms with van der Waals surface area (Å²) in [5.41, 5.74) is 3.46. The molecule has 0 saturated carbocycles. The van der Waals surface area contributed by atoms with E-state index in [0.717, 1.165) is 24.8 Å². The summed E-state index contributed by atoms with van der Waals surface area (Å²) in [4.78, 5) is 0. The molecule has 1 N–H and O–H groups in total. The molecule has 0 aliphatic carbocycles. The van der Waals surface area contributed by atoms with E-state index < -0.39 is 0 Å². The second kappa shape index (κ2) is 7.58. The third kappa shape index (κ3) is 4.55. The molecule has 112 valence electrons. The zero-order valence-electron chi connectivity index (χ0n) is 12.5. The first-order chi connectivity index (χ1) is 10.1. The molecule has 0 spiro atoms. The molecule has 0 amide bonds. The zero-order chi connectivity index (χ0) is 15.2. The molecule has 1 nitrogen and oxygen atoms in total. The first-order valence-electron chi connectivity index (χ1n) is 7.26. The van der Waals surface area contributed by atoms with E-state index in [0.29, 0.717) is 0 Å². The summed E-state index contributed by atoms with van der Waals surface area (Å²) < 4.78 is 13.5. The maximum absolute atomic E-state index is 13.5. The van der Waals surface area contributed by atoms with Crippen molar-refractivity contribution in [2.45, 2.75) is 32.2 Å². The summed E-state index contributed by atoms with van der Waals surface area (Å²) in [6.45, 7) is 2.09. The highest BCUT2D eigenvalue weighted by molar-refractivity contribution is 6.31. The standard InChI is InChI=1S/C18H21ClFN/c1-13-6-8-14(9-7-13)10-11-16(21-2)12-15-4-3-5-17(20)18(15)19/h3-9,16,21H,10-12H2,1-2H3. The Morgan fingerprint density at radius 2 is 1.86 bits per heavy atom. The lowest BCUT2D eigenvalue weighted by Crippen LogP contribution is -2.28. The molecule has 0 saturated heterocycles. The third-order valence-electron chi connectivity index (χ3n) is 3.81. The van der Waals surface area contributed by atoms with E-state index in [4.69, 9.17) is 11.6 Å². The topological polar surface area (TPSA) is 12.0 Å². The Hall–Kier alpha value is -1.38. The van der Waals surface area contributed by atoms with Crippen molar-refractivity contribution in [2.24, 2.45) is 0 Å². The quantitative estimate of drug-likeness (QED) is 0.825. The molecule has 0 heterocycles. The van der Waals surface area contributed by atoms with Gasteiger partial charge in [-0.1, -0.05) is 53.6 Å². The lowest BCUT2D eigenvalue weighted by molar-refractivity contribution is 0.518. The van der Waals surface area contributed by atoms with Gasteiger partial charge in [0.1, 0.15) is 5.82 Å². The van der Waals surface area contributed by atoms with Crippen LogP contribution in [-0.2, 0) is 12.8 Å². The van der Waals surface area contributed by atoms with Gasteiger partial charge in [-0.15, -0.1) is 0 Å². The van der Waals surface area contributed by atoms with Gasteiger partial charge in [-0.2, -0.15) is 0 Å². The Bertz CT molecular complexity index is 580. The Morgan fingerprint density at radius 3 is 2.52 bits per heavy atom.